The summed E-state index contributed by atoms with van der Waals surface area (Å²) < 4.78 is 57.0. The van der Waals surface area contributed by atoms with Crippen LogP contribution in [0.2, 0.25) is 0 Å². The van der Waals surface area contributed by atoms with E-state index < -0.39 is 24.7 Å². The molecule has 0 unspecified atom stereocenters. The Kier molecular flexibility index (Phi) is 5.26. The zero-order valence-electron chi connectivity index (χ0n) is 13.7. The first kappa shape index (κ1) is 18.7. The third kappa shape index (κ3) is 3.08. The highest BCUT2D eigenvalue weighted by atomic mass is 79.9. The number of hydrogen-bond acceptors (Lipinski definition) is 1. The summed E-state index contributed by atoms with van der Waals surface area (Å²) in [6.45, 7) is 0. The Morgan fingerprint density at radius 1 is 0.808 bits per heavy atom. The lowest BCUT2D eigenvalue weighted by molar-refractivity contribution is 0.445. The van der Waals surface area contributed by atoms with Gasteiger partial charge in [0.15, 0.2) is 17.5 Å². The van der Waals surface area contributed by atoms with Gasteiger partial charge in [0.2, 0.25) is 7.29 Å². The van der Waals surface area contributed by atoms with Crippen LogP contribution in [0.4, 0.5) is 18.9 Å². The van der Waals surface area contributed by atoms with Crippen LogP contribution in [0.3, 0.4) is 0 Å². The lowest BCUT2D eigenvalue weighted by atomic mass is 10.3. The van der Waals surface area contributed by atoms with Crippen molar-refractivity contribution in [2.24, 2.45) is 0 Å². The van der Waals surface area contributed by atoms with E-state index in [1.807, 2.05) is 0 Å². The molecule has 3 aromatic rings. The average molecular weight is 440 g/mol. The smallest absolute Gasteiger partial charge is 0.229 e. The summed E-state index contributed by atoms with van der Waals surface area (Å²) in [7, 11) is -2.13. The van der Waals surface area contributed by atoms with Gasteiger partial charge in [-0.05, 0) is 46.3 Å². The molecule has 0 spiro atoms. The predicted octanol–water partition coefficient (Wildman–Crippen LogP) is 5.23. The Bertz CT molecular complexity index is 940. The fraction of sp³-hybridized carbons (Fsp3) is 0.0526. The molecule has 0 aliphatic carbocycles. The molecule has 0 heterocycles. The van der Waals surface area contributed by atoms with Gasteiger partial charge >= 0.3 is 0 Å². The van der Waals surface area contributed by atoms with Crippen molar-refractivity contribution >= 4 is 39.5 Å². The highest BCUT2D eigenvalue weighted by Gasteiger charge is 2.35. The topological polar surface area (TPSA) is 20.3 Å². The molecule has 0 fully saturated rings. The third-order valence-electron chi connectivity index (χ3n) is 4.07. The Morgan fingerprint density at radius 2 is 1.27 bits per heavy atom. The zero-order valence-corrected chi connectivity index (χ0v) is 16.1. The molecule has 26 heavy (non-hydrogen) atoms. The molecule has 0 N–H and O–H groups in total. The number of nitrogens with zero attached hydrogens (tertiary/aromatic N) is 1. The van der Waals surface area contributed by atoms with Crippen LogP contribution in [-0.4, -0.2) is 7.05 Å². The van der Waals surface area contributed by atoms with E-state index in [9.17, 15) is 17.7 Å². The van der Waals surface area contributed by atoms with Crippen molar-refractivity contribution in [1.82, 2.24) is 0 Å². The molecule has 134 valence electrons. The summed E-state index contributed by atoms with van der Waals surface area (Å²) in [6, 6.07) is 18.2. The fourth-order valence-corrected chi connectivity index (χ4v) is 5.69. The van der Waals surface area contributed by atoms with Crippen LogP contribution < -0.4 is 15.3 Å². The van der Waals surface area contributed by atoms with E-state index >= 15 is 0 Å². The molecule has 0 aliphatic rings. The van der Waals surface area contributed by atoms with Gasteiger partial charge < -0.3 is 4.67 Å². The Labute approximate surface area is 157 Å². The van der Waals surface area contributed by atoms with E-state index in [1.54, 1.807) is 60.7 Å². The molecular weight excluding hydrogens is 426 g/mol. The summed E-state index contributed by atoms with van der Waals surface area (Å²) in [5.74, 6) is -4.33. The SMILES string of the molecule is CN(c1cc(Br)c(F)c(F)c1F)P(=O)(c1ccccc1)c1ccccc1. The maximum atomic E-state index is 14.5. The molecule has 0 aliphatic heterocycles. The van der Waals surface area contributed by atoms with Crippen LogP contribution in [0, 0.1) is 17.5 Å². The highest BCUT2D eigenvalue weighted by molar-refractivity contribution is 9.10. The van der Waals surface area contributed by atoms with E-state index in [2.05, 4.69) is 15.9 Å². The molecule has 0 radical (unpaired) electrons. The van der Waals surface area contributed by atoms with E-state index in [4.69, 9.17) is 0 Å². The van der Waals surface area contributed by atoms with Gasteiger partial charge in [0.25, 0.3) is 0 Å². The average Bonchev–Trinajstić information content (AvgIpc) is 2.69. The van der Waals surface area contributed by atoms with Crippen LogP contribution in [0.5, 0.6) is 0 Å². The Hall–Kier alpha value is -2.04. The molecular formula is C19H14BrF3NOP. The maximum Gasteiger partial charge on any atom is 0.229 e. The quantitative estimate of drug-likeness (QED) is 0.315. The van der Waals surface area contributed by atoms with E-state index in [1.165, 1.54) is 11.7 Å². The van der Waals surface area contributed by atoms with Crippen molar-refractivity contribution in [3.8, 4) is 0 Å². The van der Waals surface area contributed by atoms with Crippen molar-refractivity contribution < 1.29 is 17.7 Å². The first-order valence-electron chi connectivity index (χ1n) is 7.66. The summed E-state index contributed by atoms with van der Waals surface area (Å²) in [5.41, 5.74) is -0.299. The second-order valence-electron chi connectivity index (χ2n) is 5.59. The molecule has 0 atom stereocenters. The molecule has 7 heteroatoms. The van der Waals surface area contributed by atoms with E-state index in [-0.39, 0.29) is 10.2 Å². The zero-order chi connectivity index (χ0) is 18.9. The standard InChI is InChI=1S/C19H14BrF3NOP/c1-24(16-12-15(20)17(21)19(23)18(16)22)26(25,13-8-4-2-5-9-13)14-10-6-3-7-11-14/h2-12H,1H3. The van der Waals surface area contributed by atoms with Crippen molar-refractivity contribution in [2.75, 3.05) is 11.7 Å². The highest BCUT2D eigenvalue weighted by Crippen LogP contribution is 2.50. The van der Waals surface area contributed by atoms with Crippen LogP contribution in [0.1, 0.15) is 0 Å². The Morgan fingerprint density at radius 3 is 1.73 bits per heavy atom. The lowest BCUT2D eigenvalue weighted by Gasteiger charge is -2.31. The maximum absolute atomic E-state index is 14.5. The molecule has 3 aromatic carbocycles. The van der Waals surface area contributed by atoms with Gasteiger partial charge in [0.1, 0.15) is 0 Å². The molecule has 0 saturated heterocycles. The van der Waals surface area contributed by atoms with Crippen molar-refractivity contribution in [1.29, 1.82) is 0 Å². The summed E-state index contributed by atoms with van der Waals surface area (Å²) in [4.78, 5) is 0. The van der Waals surface area contributed by atoms with Crippen molar-refractivity contribution in [3.63, 3.8) is 0 Å². The largest absolute Gasteiger partial charge is 0.316 e. The molecule has 2 nitrogen and oxygen atoms in total. The van der Waals surface area contributed by atoms with Crippen LogP contribution in [0.15, 0.2) is 71.2 Å². The molecule has 0 bridgehead atoms. The predicted molar refractivity (Wildman–Crippen MR) is 102 cm³/mol. The van der Waals surface area contributed by atoms with Gasteiger partial charge in [0.05, 0.1) is 10.2 Å². The minimum atomic E-state index is -3.54. The van der Waals surface area contributed by atoms with Crippen molar-refractivity contribution in [2.45, 2.75) is 0 Å². The first-order chi connectivity index (χ1) is 12.4. The minimum absolute atomic E-state index is 0.245. The molecule has 0 aromatic heterocycles. The second kappa shape index (κ2) is 7.29. The van der Waals surface area contributed by atoms with Gasteiger partial charge in [-0.2, -0.15) is 0 Å². The van der Waals surface area contributed by atoms with Crippen molar-refractivity contribution in [3.05, 3.63) is 88.7 Å². The number of rotatable bonds is 4. The summed E-state index contributed by atoms with van der Waals surface area (Å²) >= 11 is 2.88. The minimum Gasteiger partial charge on any atom is -0.316 e. The normalized spacial score (nSPS) is 11.4. The number of anilines is 1. The van der Waals surface area contributed by atoms with E-state index in [0.29, 0.717) is 10.6 Å². The lowest BCUT2D eigenvalue weighted by Crippen LogP contribution is -2.30. The van der Waals surface area contributed by atoms with Gasteiger partial charge in [-0.1, -0.05) is 36.4 Å². The number of benzene rings is 3. The van der Waals surface area contributed by atoms with Gasteiger partial charge in [-0.15, -0.1) is 0 Å². The number of halogens is 4. The van der Waals surface area contributed by atoms with Crippen LogP contribution in [0.25, 0.3) is 0 Å². The monoisotopic (exact) mass is 439 g/mol. The van der Waals surface area contributed by atoms with Gasteiger partial charge in [0, 0.05) is 17.7 Å². The summed E-state index contributed by atoms with van der Waals surface area (Å²) in [5, 5.41) is 0.905. The summed E-state index contributed by atoms with van der Waals surface area (Å²) in [6.07, 6.45) is 0. The molecule has 3 rings (SSSR count). The third-order valence-corrected chi connectivity index (χ3v) is 7.70. The fourth-order valence-electron chi connectivity index (χ4n) is 2.70. The van der Waals surface area contributed by atoms with Gasteiger partial charge in [-0.3, -0.25) is 4.57 Å². The Balaban J connectivity index is 2.26. The van der Waals surface area contributed by atoms with Crippen LogP contribution in [-0.2, 0) is 4.57 Å². The van der Waals surface area contributed by atoms with Gasteiger partial charge in [-0.25, -0.2) is 13.2 Å². The van der Waals surface area contributed by atoms with Crippen LogP contribution >= 0.6 is 23.2 Å². The van der Waals surface area contributed by atoms with E-state index in [0.717, 1.165) is 6.07 Å². The number of hydrogen-bond donors (Lipinski definition) is 0. The first-order valence-corrected chi connectivity index (χ1v) is 10.1. The second-order valence-corrected chi connectivity index (χ2v) is 9.23. The molecule has 0 saturated carbocycles. The molecule has 0 amide bonds.